The first-order chi connectivity index (χ1) is 10.6. The molecule has 0 heterocycles. The Kier molecular flexibility index (Phi) is 6.14. The van der Waals surface area contributed by atoms with E-state index < -0.39 is 30.3 Å². The van der Waals surface area contributed by atoms with Crippen molar-refractivity contribution in [3.05, 3.63) is 35.9 Å². The number of halogens is 3. The molecule has 0 aliphatic rings. The van der Waals surface area contributed by atoms with Crippen molar-refractivity contribution in [3.63, 3.8) is 0 Å². The fourth-order valence-corrected chi connectivity index (χ4v) is 1.49. The molecule has 0 aliphatic heterocycles. The first kappa shape index (κ1) is 19.0. The minimum atomic E-state index is -5.56. The Morgan fingerprint density at radius 3 is 2.09 bits per heavy atom. The van der Waals surface area contributed by atoms with Gasteiger partial charge in [0.2, 0.25) is 0 Å². The second-order valence-corrected chi connectivity index (χ2v) is 5.26. The summed E-state index contributed by atoms with van der Waals surface area (Å²) >= 11 is 0. The number of aliphatic hydroxyl groups is 1. The molecule has 1 N–H and O–H groups in total. The number of esters is 2. The predicted molar refractivity (Wildman–Crippen MR) is 73.0 cm³/mol. The Hall–Kier alpha value is -2.09. The van der Waals surface area contributed by atoms with E-state index in [1.807, 2.05) is 0 Å². The Morgan fingerprint density at radius 2 is 1.61 bits per heavy atom. The molecule has 0 aliphatic carbocycles. The van der Waals surface area contributed by atoms with Gasteiger partial charge in [0.15, 0.2) is 0 Å². The van der Waals surface area contributed by atoms with Crippen molar-refractivity contribution in [1.82, 2.24) is 0 Å². The van der Waals surface area contributed by atoms with Crippen LogP contribution in [0.25, 0.3) is 0 Å². The maximum atomic E-state index is 13.0. The molecule has 8 heteroatoms. The number of carbonyl (C=O) groups excluding carboxylic acids is 2. The number of alkyl halides is 3. The van der Waals surface area contributed by atoms with Crippen LogP contribution in [0.2, 0.25) is 0 Å². The molecule has 1 rings (SSSR count). The van der Waals surface area contributed by atoms with Crippen LogP contribution in [0.5, 0.6) is 0 Å². The molecule has 128 valence electrons. The van der Waals surface area contributed by atoms with Gasteiger partial charge in [0.05, 0.1) is 6.61 Å². The van der Waals surface area contributed by atoms with Gasteiger partial charge in [0.1, 0.15) is 6.61 Å². The van der Waals surface area contributed by atoms with E-state index in [4.69, 9.17) is 0 Å². The van der Waals surface area contributed by atoms with Crippen LogP contribution in [0.3, 0.4) is 0 Å². The number of carbonyl (C=O) groups is 2. The normalized spacial score (nSPS) is 14.2. The Labute approximate surface area is 131 Å². The maximum absolute atomic E-state index is 13.0. The van der Waals surface area contributed by atoms with Gasteiger partial charge < -0.3 is 14.6 Å². The number of rotatable bonds is 6. The lowest BCUT2D eigenvalue weighted by Gasteiger charge is -2.26. The minimum absolute atomic E-state index is 0.267. The molecule has 0 aromatic heterocycles. The lowest BCUT2D eigenvalue weighted by Crippen LogP contribution is -2.59. The van der Waals surface area contributed by atoms with Crippen LogP contribution in [0.4, 0.5) is 13.2 Å². The maximum Gasteiger partial charge on any atom is 0.439 e. The molecule has 1 atom stereocenters. The molecule has 1 unspecified atom stereocenters. The molecule has 0 radical (unpaired) electrons. The summed E-state index contributed by atoms with van der Waals surface area (Å²) in [6.45, 7) is 2.29. The molecule has 0 fully saturated rings. The summed E-state index contributed by atoms with van der Waals surface area (Å²) in [5, 5.41) is 9.60. The smallest absolute Gasteiger partial charge is 0.439 e. The first-order valence-corrected chi connectivity index (χ1v) is 6.76. The molecule has 1 aromatic rings. The molecule has 0 bridgehead atoms. The summed E-state index contributed by atoms with van der Waals surface area (Å²) < 4.78 is 47.8. The molecule has 0 spiro atoms. The van der Waals surface area contributed by atoms with Gasteiger partial charge in [-0.15, -0.1) is 0 Å². The molecular formula is C15H17F3O5. The van der Waals surface area contributed by atoms with E-state index >= 15 is 0 Å². The van der Waals surface area contributed by atoms with Gasteiger partial charge in [-0.25, -0.2) is 9.59 Å². The van der Waals surface area contributed by atoms with Crippen molar-refractivity contribution in [2.75, 3.05) is 6.61 Å². The van der Waals surface area contributed by atoms with Crippen LogP contribution < -0.4 is 0 Å². The highest BCUT2D eigenvalue weighted by Crippen LogP contribution is 2.33. The van der Waals surface area contributed by atoms with E-state index in [1.54, 1.807) is 32.0 Å². The van der Waals surface area contributed by atoms with Gasteiger partial charge in [0, 0.05) is 0 Å². The average Bonchev–Trinajstić information content (AvgIpc) is 2.49. The highest BCUT2D eigenvalue weighted by atomic mass is 19.4. The summed E-state index contributed by atoms with van der Waals surface area (Å²) in [5.41, 5.74) is -3.95. The monoisotopic (exact) mass is 334 g/mol. The topological polar surface area (TPSA) is 72.8 Å². The lowest BCUT2D eigenvalue weighted by atomic mass is 10.0. The standard InChI is InChI=1S/C15H17F3O5/c1-10(2)8-22-12(19)14(21,15(16,17)18)13(20)23-9-11-6-4-3-5-7-11/h3-7,10,21H,8-9H2,1-2H3. The van der Waals surface area contributed by atoms with E-state index in [0.717, 1.165) is 0 Å². The van der Waals surface area contributed by atoms with Crippen molar-refractivity contribution in [2.24, 2.45) is 5.92 Å². The van der Waals surface area contributed by atoms with E-state index in [-0.39, 0.29) is 12.5 Å². The quantitative estimate of drug-likeness (QED) is 0.638. The average molecular weight is 334 g/mol. The van der Waals surface area contributed by atoms with Crippen molar-refractivity contribution in [2.45, 2.75) is 32.2 Å². The number of ether oxygens (including phenoxy) is 2. The van der Waals surface area contributed by atoms with Crippen molar-refractivity contribution in [1.29, 1.82) is 0 Å². The summed E-state index contributed by atoms with van der Waals surface area (Å²) in [6, 6.07) is 7.88. The summed E-state index contributed by atoms with van der Waals surface area (Å²) in [4.78, 5) is 23.3. The first-order valence-electron chi connectivity index (χ1n) is 6.76. The van der Waals surface area contributed by atoms with E-state index in [9.17, 15) is 27.9 Å². The van der Waals surface area contributed by atoms with Crippen LogP contribution in [0.1, 0.15) is 19.4 Å². The molecule has 1 aromatic carbocycles. The number of hydrogen-bond acceptors (Lipinski definition) is 5. The zero-order chi connectivity index (χ0) is 17.7. The van der Waals surface area contributed by atoms with Gasteiger partial charge in [0.25, 0.3) is 0 Å². The highest BCUT2D eigenvalue weighted by Gasteiger charge is 2.68. The van der Waals surface area contributed by atoms with E-state index in [2.05, 4.69) is 9.47 Å². The minimum Gasteiger partial charge on any atom is -0.463 e. The van der Waals surface area contributed by atoms with Crippen LogP contribution in [-0.2, 0) is 25.7 Å². The van der Waals surface area contributed by atoms with Gasteiger partial charge in [-0.2, -0.15) is 13.2 Å². The van der Waals surface area contributed by atoms with Crippen LogP contribution >= 0.6 is 0 Å². The van der Waals surface area contributed by atoms with E-state index in [0.29, 0.717) is 5.56 Å². The van der Waals surface area contributed by atoms with Crippen LogP contribution in [-0.4, -0.2) is 35.4 Å². The third-order valence-electron chi connectivity index (χ3n) is 2.76. The van der Waals surface area contributed by atoms with Crippen molar-refractivity contribution in [3.8, 4) is 0 Å². The van der Waals surface area contributed by atoms with Crippen LogP contribution in [0, 0.1) is 5.92 Å². The molecule has 0 saturated heterocycles. The van der Waals surface area contributed by atoms with Gasteiger partial charge >= 0.3 is 23.7 Å². The molecule has 5 nitrogen and oxygen atoms in total. The Bertz CT molecular complexity index is 542. The zero-order valence-electron chi connectivity index (χ0n) is 12.6. The Morgan fingerprint density at radius 1 is 1.09 bits per heavy atom. The fraction of sp³-hybridized carbons (Fsp3) is 0.467. The van der Waals surface area contributed by atoms with Crippen molar-refractivity contribution < 1.29 is 37.3 Å². The van der Waals surface area contributed by atoms with Crippen molar-refractivity contribution >= 4 is 11.9 Å². The third kappa shape index (κ3) is 4.69. The molecule has 23 heavy (non-hydrogen) atoms. The lowest BCUT2D eigenvalue weighted by molar-refractivity contribution is -0.264. The van der Waals surface area contributed by atoms with Gasteiger partial charge in [-0.3, -0.25) is 0 Å². The second-order valence-electron chi connectivity index (χ2n) is 5.26. The third-order valence-corrected chi connectivity index (χ3v) is 2.76. The summed E-state index contributed by atoms with van der Waals surface area (Å²) in [6.07, 6.45) is -5.56. The van der Waals surface area contributed by atoms with Gasteiger partial charge in [-0.05, 0) is 11.5 Å². The predicted octanol–water partition coefficient (Wildman–Crippen LogP) is 2.22. The highest BCUT2D eigenvalue weighted by molar-refractivity contribution is 6.04. The van der Waals surface area contributed by atoms with E-state index in [1.165, 1.54) is 12.1 Å². The largest absolute Gasteiger partial charge is 0.463 e. The SMILES string of the molecule is CC(C)COC(=O)C(O)(C(=O)OCc1ccccc1)C(F)(F)F. The van der Waals surface area contributed by atoms with Gasteiger partial charge in [-0.1, -0.05) is 44.2 Å². The summed E-state index contributed by atoms with van der Waals surface area (Å²) in [5.74, 6) is -4.49. The van der Waals surface area contributed by atoms with Crippen LogP contribution in [0.15, 0.2) is 30.3 Å². The second kappa shape index (κ2) is 7.45. The summed E-state index contributed by atoms with van der Waals surface area (Å²) in [7, 11) is 0. The fourth-order valence-electron chi connectivity index (χ4n) is 1.49. The number of benzene rings is 1. The molecule has 0 saturated carbocycles. The number of hydrogen-bond donors (Lipinski definition) is 1. The Balaban J connectivity index is 2.88. The molecule has 0 amide bonds. The molecular weight excluding hydrogens is 317 g/mol. The zero-order valence-corrected chi connectivity index (χ0v) is 12.6.